The fourth-order valence-corrected chi connectivity index (χ4v) is 3.76. The minimum atomic E-state index is 0.0396. The monoisotopic (exact) mass is 401 g/mol. The molecule has 1 heterocycles. The van der Waals surface area contributed by atoms with Crippen LogP contribution in [0, 0.1) is 5.92 Å². The van der Waals surface area contributed by atoms with Gasteiger partial charge in [-0.1, -0.05) is 19.1 Å². The van der Waals surface area contributed by atoms with E-state index in [0.717, 1.165) is 62.0 Å². The highest BCUT2D eigenvalue weighted by Gasteiger charge is 2.15. The van der Waals surface area contributed by atoms with Gasteiger partial charge in [0.1, 0.15) is 0 Å². The van der Waals surface area contributed by atoms with Crippen LogP contribution >= 0.6 is 0 Å². The van der Waals surface area contributed by atoms with Crippen LogP contribution in [-0.4, -0.2) is 75.0 Å². The summed E-state index contributed by atoms with van der Waals surface area (Å²) in [7, 11) is 3.56. The van der Waals surface area contributed by atoms with Gasteiger partial charge in [0, 0.05) is 45.8 Å². The molecule has 2 N–H and O–H groups in total. The summed E-state index contributed by atoms with van der Waals surface area (Å²) >= 11 is 0. The van der Waals surface area contributed by atoms with Crippen LogP contribution in [0.25, 0.3) is 0 Å². The van der Waals surface area contributed by atoms with E-state index < -0.39 is 0 Å². The molecule has 29 heavy (non-hydrogen) atoms. The van der Waals surface area contributed by atoms with Crippen LogP contribution in [-0.2, 0) is 6.42 Å². The molecule has 1 fully saturated rings. The van der Waals surface area contributed by atoms with Gasteiger partial charge in [-0.25, -0.2) is 0 Å². The topological polar surface area (TPSA) is 60.0 Å². The molecule has 1 aliphatic rings. The van der Waals surface area contributed by atoms with Gasteiger partial charge in [-0.15, -0.1) is 0 Å². The van der Waals surface area contributed by atoms with Gasteiger partial charge in [0.2, 0.25) is 0 Å². The largest absolute Gasteiger partial charge is 0.357 e. The molecular weight excluding hydrogens is 362 g/mol. The van der Waals surface area contributed by atoms with Crippen molar-refractivity contribution in [3.63, 3.8) is 0 Å². The van der Waals surface area contributed by atoms with Crippen LogP contribution in [0.3, 0.4) is 0 Å². The van der Waals surface area contributed by atoms with E-state index >= 15 is 0 Å². The lowest BCUT2D eigenvalue weighted by atomic mass is 10.0. The summed E-state index contributed by atoms with van der Waals surface area (Å²) in [6.45, 7) is 10.5. The van der Waals surface area contributed by atoms with Crippen LogP contribution in [0.5, 0.6) is 0 Å². The second-order valence-corrected chi connectivity index (χ2v) is 8.24. The van der Waals surface area contributed by atoms with Crippen LogP contribution in [0.1, 0.15) is 49.0 Å². The maximum Gasteiger partial charge on any atom is 0.253 e. The lowest BCUT2D eigenvalue weighted by Crippen LogP contribution is -2.38. The zero-order valence-electron chi connectivity index (χ0n) is 18.7. The maximum absolute atomic E-state index is 12.1. The van der Waals surface area contributed by atoms with Crippen molar-refractivity contribution in [1.29, 1.82) is 0 Å². The molecule has 0 aliphatic carbocycles. The van der Waals surface area contributed by atoms with Crippen molar-refractivity contribution < 1.29 is 4.79 Å². The first kappa shape index (κ1) is 23.2. The van der Waals surface area contributed by atoms with Crippen LogP contribution in [0.4, 0.5) is 0 Å². The highest BCUT2D eigenvalue weighted by Crippen LogP contribution is 2.15. The minimum Gasteiger partial charge on any atom is -0.357 e. The second kappa shape index (κ2) is 12.5. The van der Waals surface area contributed by atoms with Crippen molar-refractivity contribution in [1.82, 2.24) is 20.4 Å². The van der Waals surface area contributed by atoms with E-state index in [1.807, 2.05) is 18.2 Å². The molecule has 1 aromatic carbocycles. The quantitative estimate of drug-likeness (QED) is 0.379. The Hall–Kier alpha value is -2.08. The molecule has 1 saturated heterocycles. The maximum atomic E-state index is 12.1. The van der Waals surface area contributed by atoms with E-state index in [2.05, 4.69) is 35.4 Å². The third kappa shape index (κ3) is 8.44. The number of guanidine groups is 1. The molecule has 1 unspecified atom stereocenters. The molecule has 0 bridgehead atoms. The van der Waals surface area contributed by atoms with Gasteiger partial charge in [-0.05, 0) is 69.3 Å². The van der Waals surface area contributed by atoms with E-state index in [9.17, 15) is 4.79 Å². The Morgan fingerprint density at radius 2 is 2.14 bits per heavy atom. The fourth-order valence-electron chi connectivity index (χ4n) is 3.76. The van der Waals surface area contributed by atoms with E-state index in [1.165, 1.54) is 25.9 Å². The number of aliphatic imine (C=N–C) groups is 1. The first-order valence-electron chi connectivity index (χ1n) is 11.0. The van der Waals surface area contributed by atoms with E-state index in [1.54, 1.807) is 19.0 Å². The Morgan fingerprint density at radius 1 is 1.31 bits per heavy atom. The Morgan fingerprint density at radius 3 is 2.86 bits per heavy atom. The highest BCUT2D eigenvalue weighted by molar-refractivity contribution is 5.94. The summed E-state index contributed by atoms with van der Waals surface area (Å²) in [4.78, 5) is 21.0. The summed E-state index contributed by atoms with van der Waals surface area (Å²) in [5, 5.41) is 6.74. The number of carbonyl (C=O) groups is 1. The van der Waals surface area contributed by atoms with E-state index in [0.29, 0.717) is 0 Å². The number of nitrogens with zero attached hydrogens (tertiary/aromatic N) is 3. The van der Waals surface area contributed by atoms with Gasteiger partial charge in [0.25, 0.3) is 5.91 Å². The van der Waals surface area contributed by atoms with Crippen molar-refractivity contribution in [2.45, 2.75) is 39.5 Å². The number of carbonyl (C=O) groups excluding carboxylic acids is 1. The van der Waals surface area contributed by atoms with Crippen molar-refractivity contribution in [2.75, 3.05) is 53.4 Å². The van der Waals surface area contributed by atoms with Crippen LogP contribution < -0.4 is 10.6 Å². The van der Waals surface area contributed by atoms with Gasteiger partial charge >= 0.3 is 0 Å². The van der Waals surface area contributed by atoms with Gasteiger partial charge in [0.15, 0.2) is 5.96 Å². The summed E-state index contributed by atoms with van der Waals surface area (Å²) in [5.74, 6) is 1.75. The Labute approximate surface area is 176 Å². The molecule has 0 spiro atoms. The zero-order chi connectivity index (χ0) is 21.1. The van der Waals surface area contributed by atoms with Gasteiger partial charge in [0.05, 0.1) is 0 Å². The van der Waals surface area contributed by atoms with Crippen molar-refractivity contribution in [3.8, 4) is 0 Å². The van der Waals surface area contributed by atoms with Crippen molar-refractivity contribution >= 4 is 11.9 Å². The number of hydrogen-bond acceptors (Lipinski definition) is 3. The van der Waals surface area contributed by atoms with Crippen molar-refractivity contribution in [3.05, 3.63) is 35.4 Å². The average Bonchev–Trinajstić information content (AvgIpc) is 2.70. The first-order chi connectivity index (χ1) is 14.0. The van der Waals surface area contributed by atoms with Gasteiger partial charge < -0.3 is 20.4 Å². The summed E-state index contributed by atoms with van der Waals surface area (Å²) in [5.41, 5.74) is 1.89. The molecular formula is C23H39N5O. The number of benzene rings is 1. The van der Waals surface area contributed by atoms with Crippen LogP contribution in [0.15, 0.2) is 29.3 Å². The lowest BCUT2D eigenvalue weighted by molar-refractivity contribution is 0.0827. The predicted octanol–water partition coefficient (Wildman–Crippen LogP) is 2.61. The normalized spacial score (nSPS) is 17.8. The second-order valence-electron chi connectivity index (χ2n) is 8.24. The molecule has 6 nitrogen and oxygen atoms in total. The Bertz CT molecular complexity index is 658. The molecule has 0 radical (unpaired) electrons. The summed E-state index contributed by atoms with van der Waals surface area (Å²) < 4.78 is 0. The molecule has 162 valence electrons. The zero-order valence-corrected chi connectivity index (χ0v) is 18.7. The molecule has 6 heteroatoms. The first-order valence-corrected chi connectivity index (χ1v) is 11.0. The molecule has 0 aromatic heterocycles. The molecule has 2 rings (SSSR count). The van der Waals surface area contributed by atoms with Gasteiger partial charge in [-0.3, -0.25) is 9.79 Å². The van der Waals surface area contributed by atoms with Crippen LogP contribution in [0.2, 0.25) is 0 Å². The number of piperidine rings is 1. The third-order valence-corrected chi connectivity index (χ3v) is 5.27. The lowest BCUT2D eigenvalue weighted by Gasteiger charge is -2.30. The predicted molar refractivity (Wildman–Crippen MR) is 122 cm³/mol. The van der Waals surface area contributed by atoms with E-state index in [4.69, 9.17) is 4.99 Å². The fraction of sp³-hybridized carbons (Fsp3) is 0.652. The van der Waals surface area contributed by atoms with Gasteiger partial charge in [-0.2, -0.15) is 0 Å². The smallest absolute Gasteiger partial charge is 0.253 e. The number of hydrogen-bond donors (Lipinski definition) is 2. The highest BCUT2D eigenvalue weighted by atomic mass is 16.2. The van der Waals surface area contributed by atoms with E-state index in [-0.39, 0.29) is 5.91 Å². The minimum absolute atomic E-state index is 0.0396. The Balaban J connectivity index is 1.76. The summed E-state index contributed by atoms with van der Waals surface area (Å²) in [6, 6.07) is 7.87. The molecule has 1 aliphatic heterocycles. The Kier molecular flexibility index (Phi) is 9.98. The SMILES string of the molecule is CCNC(=NCCCN1CCCC(C)C1)NCCc1cccc(C(=O)N(C)C)c1. The molecule has 1 aromatic rings. The number of rotatable bonds is 9. The molecule has 0 saturated carbocycles. The number of amides is 1. The summed E-state index contributed by atoms with van der Waals surface area (Å²) in [6.07, 6.45) is 4.65. The molecule has 1 amide bonds. The molecule has 1 atom stereocenters. The number of nitrogens with one attached hydrogen (secondary N) is 2. The average molecular weight is 402 g/mol. The number of likely N-dealkylation sites (tertiary alicyclic amines) is 1. The third-order valence-electron chi connectivity index (χ3n) is 5.27. The standard InChI is InChI=1S/C23H39N5O/c1-5-24-23(25-13-8-16-28-15-7-9-19(2)18-28)26-14-12-20-10-6-11-21(17-20)22(29)27(3)4/h6,10-11,17,19H,5,7-9,12-16,18H2,1-4H3,(H2,24,25,26). The van der Waals surface area contributed by atoms with Crippen molar-refractivity contribution in [2.24, 2.45) is 10.9 Å².